The van der Waals surface area contributed by atoms with Crippen LogP contribution in [0.1, 0.15) is 36.0 Å². The van der Waals surface area contributed by atoms with Crippen LogP contribution in [0.3, 0.4) is 0 Å². The first-order valence-electron chi connectivity index (χ1n) is 7.79. The first-order chi connectivity index (χ1) is 11.1. The number of hydrogen-bond acceptors (Lipinski definition) is 4. The van der Waals surface area contributed by atoms with Crippen molar-refractivity contribution in [2.75, 3.05) is 20.8 Å². The van der Waals surface area contributed by atoms with Crippen LogP contribution < -0.4 is 14.8 Å². The van der Waals surface area contributed by atoms with Crippen LogP contribution in [0.4, 0.5) is 0 Å². The standard InChI is InChI=1S/C17H23NO5/c1-22-14-8-7-11(9-15(14)23-2)16(19)18-10-12-5-3-4-6-13(12)17(20)21/h7-9,12-13H,3-6,10H2,1-2H3,(H,18,19)(H,20,21)/t12-,13-/m0/s1. The largest absolute Gasteiger partial charge is 0.493 e. The van der Waals surface area contributed by atoms with E-state index in [0.29, 0.717) is 30.0 Å². The summed E-state index contributed by atoms with van der Waals surface area (Å²) in [5.41, 5.74) is 0.463. The number of carbonyl (C=O) groups is 2. The third kappa shape index (κ3) is 4.15. The minimum Gasteiger partial charge on any atom is -0.493 e. The molecule has 1 aliphatic carbocycles. The Balaban J connectivity index is 2.00. The molecule has 6 nitrogen and oxygen atoms in total. The molecule has 0 unspecified atom stereocenters. The van der Waals surface area contributed by atoms with Crippen molar-refractivity contribution in [2.45, 2.75) is 25.7 Å². The van der Waals surface area contributed by atoms with Gasteiger partial charge >= 0.3 is 5.97 Å². The molecular formula is C17H23NO5. The van der Waals surface area contributed by atoms with Crippen molar-refractivity contribution >= 4 is 11.9 Å². The lowest BCUT2D eigenvalue weighted by atomic mass is 9.79. The average molecular weight is 321 g/mol. The molecule has 1 fully saturated rings. The van der Waals surface area contributed by atoms with Crippen LogP contribution in [-0.2, 0) is 4.79 Å². The highest BCUT2D eigenvalue weighted by atomic mass is 16.5. The molecule has 0 radical (unpaired) electrons. The number of aliphatic carboxylic acids is 1. The van der Waals surface area contributed by atoms with E-state index in [9.17, 15) is 14.7 Å². The summed E-state index contributed by atoms with van der Waals surface area (Å²) < 4.78 is 10.3. The summed E-state index contributed by atoms with van der Waals surface area (Å²) in [6.45, 7) is 0.379. The van der Waals surface area contributed by atoms with Gasteiger partial charge in [-0.25, -0.2) is 0 Å². The molecule has 1 aliphatic rings. The van der Waals surface area contributed by atoms with E-state index in [4.69, 9.17) is 9.47 Å². The Kier molecular flexibility index (Phi) is 5.84. The van der Waals surface area contributed by atoms with Crippen LogP contribution in [-0.4, -0.2) is 37.7 Å². The maximum atomic E-state index is 12.3. The second-order valence-corrected chi connectivity index (χ2v) is 5.77. The Morgan fingerprint density at radius 3 is 2.52 bits per heavy atom. The van der Waals surface area contributed by atoms with Crippen molar-refractivity contribution in [3.05, 3.63) is 23.8 Å². The Labute approximate surface area is 135 Å². The van der Waals surface area contributed by atoms with Crippen molar-refractivity contribution in [3.63, 3.8) is 0 Å². The van der Waals surface area contributed by atoms with E-state index in [1.54, 1.807) is 18.2 Å². The number of carbonyl (C=O) groups excluding carboxylic acids is 1. The lowest BCUT2D eigenvalue weighted by Gasteiger charge is -2.28. The van der Waals surface area contributed by atoms with Crippen LogP contribution in [0.15, 0.2) is 18.2 Å². The number of rotatable bonds is 6. The summed E-state index contributed by atoms with van der Waals surface area (Å²) in [4.78, 5) is 23.6. The summed E-state index contributed by atoms with van der Waals surface area (Å²) in [5.74, 6) is -0.334. The van der Waals surface area contributed by atoms with Crippen molar-refractivity contribution in [1.82, 2.24) is 5.32 Å². The lowest BCUT2D eigenvalue weighted by molar-refractivity contribution is -0.144. The second kappa shape index (κ2) is 7.85. The SMILES string of the molecule is COc1ccc(C(=O)NC[C@@H]2CCCC[C@@H]2C(=O)O)cc1OC. The highest BCUT2D eigenvalue weighted by Gasteiger charge is 2.30. The maximum absolute atomic E-state index is 12.3. The van der Waals surface area contributed by atoms with E-state index < -0.39 is 5.97 Å². The van der Waals surface area contributed by atoms with Crippen LogP contribution in [0.2, 0.25) is 0 Å². The molecule has 126 valence electrons. The molecule has 0 saturated heterocycles. The van der Waals surface area contributed by atoms with Gasteiger partial charge in [0.05, 0.1) is 20.1 Å². The van der Waals surface area contributed by atoms with Crippen molar-refractivity contribution < 1.29 is 24.2 Å². The number of carboxylic acid groups (broad SMARTS) is 1. The number of hydrogen-bond donors (Lipinski definition) is 2. The number of amides is 1. The molecular weight excluding hydrogens is 298 g/mol. The van der Waals surface area contributed by atoms with Gasteiger partial charge in [-0.3, -0.25) is 9.59 Å². The van der Waals surface area contributed by atoms with E-state index in [1.165, 1.54) is 14.2 Å². The van der Waals surface area contributed by atoms with Gasteiger partial charge in [0.15, 0.2) is 11.5 Å². The van der Waals surface area contributed by atoms with E-state index in [-0.39, 0.29) is 17.7 Å². The van der Waals surface area contributed by atoms with Gasteiger partial charge in [-0.05, 0) is 37.0 Å². The molecule has 1 saturated carbocycles. The Hall–Kier alpha value is -2.24. The topological polar surface area (TPSA) is 84.9 Å². The quantitative estimate of drug-likeness (QED) is 0.840. The Morgan fingerprint density at radius 1 is 1.17 bits per heavy atom. The fourth-order valence-electron chi connectivity index (χ4n) is 3.08. The molecule has 0 heterocycles. The summed E-state index contributed by atoms with van der Waals surface area (Å²) in [5, 5.41) is 12.1. The van der Waals surface area contributed by atoms with E-state index in [0.717, 1.165) is 19.3 Å². The normalized spacial score (nSPS) is 20.6. The van der Waals surface area contributed by atoms with Crippen molar-refractivity contribution in [3.8, 4) is 11.5 Å². The van der Waals surface area contributed by atoms with Gasteiger partial charge in [-0.15, -0.1) is 0 Å². The average Bonchev–Trinajstić information content (AvgIpc) is 2.59. The van der Waals surface area contributed by atoms with Gasteiger partial charge < -0.3 is 19.9 Å². The van der Waals surface area contributed by atoms with Gasteiger partial charge in [-0.2, -0.15) is 0 Å². The fraction of sp³-hybridized carbons (Fsp3) is 0.529. The van der Waals surface area contributed by atoms with Gasteiger partial charge in [0, 0.05) is 12.1 Å². The second-order valence-electron chi connectivity index (χ2n) is 5.77. The van der Waals surface area contributed by atoms with Gasteiger partial charge in [-0.1, -0.05) is 12.8 Å². The zero-order valence-electron chi connectivity index (χ0n) is 13.5. The van der Waals surface area contributed by atoms with Crippen LogP contribution in [0, 0.1) is 11.8 Å². The van der Waals surface area contributed by atoms with Crippen molar-refractivity contribution in [1.29, 1.82) is 0 Å². The molecule has 2 atom stereocenters. The Morgan fingerprint density at radius 2 is 1.87 bits per heavy atom. The predicted octanol–water partition coefficient (Wildman–Crippen LogP) is 2.32. The molecule has 23 heavy (non-hydrogen) atoms. The molecule has 2 rings (SSSR count). The van der Waals surface area contributed by atoms with E-state index >= 15 is 0 Å². The zero-order chi connectivity index (χ0) is 16.8. The first kappa shape index (κ1) is 17.1. The van der Waals surface area contributed by atoms with E-state index in [1.807, 2.05) is 0 Å². The molecule has 0 aromatic heterocycles. The summed E-state index contributed by atoms with van der Waals surface area (Å²) >= 11 is 0. The number of carboxylic acids is 1. The fourth-order valence-corrected chi connectivity index (χ4v) is 3.08. The molecule has 1 amide bonds. The highest BCUT2D eigenvalue weighted by Crippen LogP contribution is 2.30. The van der Waals surface area contributed by atoms with Crippen molar-refractivity contribution in [2.24, 2.45) is 11.8 Å². The number of ether oxygens (including phenoxy) is 2. The third-order valence-corrected chi connectivity index (χ3v) is 4.40. The first-order valence-corrected chi connectivity index (χ1v) is 7.79. The van der Waals surface area contributed by atoms with Gasteiger partial charge in [0.2, 0.25) is 0 Å². The van der Waals surface area contributed by atoms with Crippen LogP contribution in [0.5, 0.6) is 11.5 Å². The van der Waals surface area contributed by atoms with E-state index in [2.05, 4.69) is 5.32 Å². The molecule has 2 N–H and O–H groups in total. The molecule has 0 spiro atoms. The smallest absolute Gasteiger partial charge is 0.306 e. The lowest BCUT2D eigenvalue weighted by Crippen LogP contribution is -2.37. The number of methoxy groups -OCH3 is 2. The summed E-state index contributed by atoms with van der Waals surface area (Å²) in [7, 11) is 3.05. The minimum atomic E-state index is -0.768. The molecule has 1 aromatic carbocycles. The number of benzene rings is 1. The molecule has 6 heteroatoms. The molecule has 0 bridgehead atoms. The monoisotopic (exact) mass is 321 g/mol. The van der Waals surface area contributed by atoms with Gasteiger partial charge in [0.1, 0.15) is 0 Å². The predicted molar refractivity (Wildman–Crippen MR) is 85.0 cm³/mol. The number of nitrogens with one attached hydrogen (secondary N) is 1. The Bertz CT molecular complexity index is 572. The molecule has 0 aliphatic heterocycles. The maximum Gasteiger partial charge on any atom is 0.306 e. The third-order valence-electron chi connectivity index (χ3n) is 4.40. The van der Waals surface area contributed by atoms with Crippen LogP contribution >= 0.6 is 0 Å². The summed E-state index contributed by atoms with van der Waals surface area (Å²) in [6.07, 6.45) is 3.48. The summed E-state index contributed by atoms with van der Waals surface area (Å²) in [6, 6.07) is 4.95. The van der Waals surface area contributed by atoms with Crippen LogP contribution in [0.25, 0.3) is 0 Å². The molecule has 1 aromatic rings. The zero-order valence-corrected chi connectivity index (χ0v) is 13.5. The van der Waals surface area contributed by atoms with Gasteiger partial charge in [0.25, 0.3) is 5.91 Å². The minimum absolute atomic E-state index is 0.00894. The highest BCUT2D eigenvalue weighted by molar-refractivity contribution is 5.94.